The third-order valence-corrected chi connectivity index (χ3v) is 3.12. The lowest BCUT2D eigenvalue weighted by Crippen LogP contribution is -2.14. The molecule has 4 nitrogen and oxygen atoms in total. The second-order valence-electron chi connectivity index (χ2n) is 6.06. The van der Waals surface area contributed by atoms with Crippen molar-refractivity contribution < 1.29 is 0 Å². The molecule has 0 amide bonds. The summed E-state index contributed by atoms with van der Waals surface area (Å²) in [4.78, 5) is 2.03. The predicted octanol–water partition coefficient (Wildman–Crippen LogP) is 3.02. The monoisotopic (exact) mass is 258 g/mol. The molecule has 0 radical (unpaired) electrons. The fraction of sp³-hybridized carbons (Fsp3) is 0.400. The van der Waals surface area contributed by atoms with Crippen LogP contribution in [0.2, 0.25) is 0 Å². The van der Waals surface area contributed by atoms with E-state index in [-0.39, 0.29) is 5.41 Å². The van der Waals surface area contributed by atoms with Crippen molar-refractivity contribution in [3.05, 3.63) is 30.0 Å². The van der Waals surface area contributed by atoms with Gasteiger partial charge in [-0.05, 0) is 17.7 Å². The van der Waals surface area contributed by atoms with Crippen molar-refractivity contribution in [2.24, 2.45) is 0 Å². The van der Waals surface area contributed by atoms with Gasteiger partial charge in [0.25, 0.3) is 0 Å². The first-order valence-electron chi connectivity index (χ1n) is 6.43. The third-order valence-electron chi connectivity index (χ3n) is 3.12. The average molecular weight is 258 g/mol. The molecule has 0 fully saturated rings. The summed E-state index contributed by atoms with van der Waals surface area (Å²) in [5.74, 6) is 0.953. The highest BCUT2D eigenvalue weighted by Crippen LogP contribution is 2.37. The van der Waals surface area contributed by atoms with E-state index >= 15 is 0 Å². The van der Waals surface area contributed by atoms with E-state index in [1.807, 2.05) is 43.3 Å². The van der Waals surface area contributed by atoms with Crippen molar-refractivity contribution in [1.82, 2.24) is 10.2 Å². The van der Waals surface area contributed by atoms with E-state index in [2.05, 4.69) is 31.0 Å². The Morgan fingerprint density at radius 1 is 1.11 bits per heavy atom. The number of aromatic amines is 1. The third kappa shape index (κ3) is 2.57. The molecule has 0 aliphatic heterocycles. The maximum Gasteiger partial charge on any atom is 0.158 e. The number of aromatic nitrogens is 2. The summed E-state index contributed by atoms with van der Waals surface area (Å²) in [6.07, 6.45) is 0. The Morgan fingerprint density at radius 2 is 1.68 bits per heavy atom. The molecule has 0 spiro atoms. The summed E-state index contributed by atoms with van der Waals surface area (Å²) >= 11 is 0. The van der Waals surface area contributed by atoms with Crippen LogP contribution in [0.4, 0.5) is 11.5 Å². The smallest absolute Gasteiger partial charge is 0.158 e. The minimum absolute atomic E-state index is 0.0119. The van der Waals surface area contributed by atoms with Gasteiger partial charge in [-0.2, -0.15) is 5.10 Å². The maximum absolute atomic E-state index is 5.77. The predicted molar refractivity (Wildman–Crippen MR) is 81.5 cm³/mol. The molecule has 0 saturated heterocycles. The maximum atomic E-state index is 5.77. The van der Waals surface area contributed by atoms with Gasteiger partial charge in [0.1, 0.15) is 0 Å². The van der Waals surface area contributed by atoms with Crippen molar-refractivity contribution in [3.8, 4) is 11.1 Å². The van der Waals surface area contributed by atoms with Gasteiger partial charge in [-0.15, -0.1) is 0 Å². The van der Waals surface area contributed by atoms with Crippen LogP contribution in [0.25, 0.3) is 11.1 Å². The Labute approximate surface area is 114 Å². The zero-order valence-corrected chi connectivity index (χ0v) is 12.3. The summed E-state index contributed by atoms with van der Waals surface area (Å²) in [6, 6.07) is 7.94. The lowest BCUT2D eigenvalue weighted by Gasteiger charge is -2.20. The van der Waals surface area contributed by atoms with E-state index in [4.69, 9.17) is 5.73 Å². The summed E-state index contributed by atoms with van der Waals surface area (Å²) in [5.41, 5.74) is 9.98. The number of rotatable bonds is 2. The number of benzene rings is 1. The number of nitrogens with zero attached hydrogens (tertiary/aromatic N) is 2. The molecule has 0 atom stereocenters. The number of hydrogen-bond donors (Lipinski definition) is 2. The molecule has 0 saturated carbocycles. The molecule has 0 aliphatic carbocycles. The van der Waals surface area contributed by atoms with E-state index in [1.54, 1.807) is 0 Å². The number of nitrogens with one attached hydrogen (secondary N) is 1. The highest BCUT2D eigenvalue weighted by molar-refractivity contribution is 5.79. The highest BCUT2D eigenvalue weighted by Gasteiger charge is 2.25. The number of hydrogen-bond acceptors (Lipinski definition) is 3. The molecular weight excluding hydrogens is 236 g/mol. The van der Waals surface area contributed by atoms with Gasteiger partial charge >= 0.3 is 0 Å². The van der Waals surface area contributed by atoms with Gasteiger partial charge in [-0.1, -0.05) is 32.9 Å². The molecule has 0 aliphatic rings. The van der Waals surface area contributed by atoms with Crippen molar-refractivity contribution in [2.45, 2.75) is 26.2 Å². The standard InChI is InChI=1S/C15H22N4/c1-15(2,3)13-12(14(18-17-13)19(4)5)10-6-8-11(16)9-7-10/h6-9H,16H2,1-5H3,(H,17,18). The topological polar surface area (TPSA) is 57.9 Å². The zero-order chi connectivity index (χ0) is 14.2. The largest absolute Gasteiger partial charge is 0.399 e. The van der Waals surface area contributed by atoms with Crippen LogP contribution in [-0.2, 0) is 5.41 Å². The van der Waals surface area contributed by atoms with E-state index in [9.17, 15) is 0 Å². The van der Waals surface area contributed by atoms with E-state index in [1.165, 1.54) is 0 Å². The van der Waals surface area contributed by atoms with Crippen LogP contribution in [0.3, 0.4) is 0 Å². The van der Waals surface area contributed by atoms with Crippen LogP contribution in [-0.4, -0.2) is 24.3 Å². The van der Waals surface area contributed by atoms with Crippen LogP contribution < -0.4 is 10.6 Å². The first kappa shape index (κ1) is 13.5. The summed E-state index contributed by atoms with van der Waals surface area (Å²) < 4.78 is 0. The Kier molecular flexibility index (Phi) is 3.27. The number of nitrogen functional groups attached to an aromatic ring is 1. The van der Waals surface area contributed by atoms with Crippen LogP contribution in [0.1, 0.15) is 26.5 Å². The van der Waals surface area contributed by atoms with E-state index in [0.29, 0.717) is 0 Å². The van der Waals surface area contributed by atoms with Crippen LogP contribution in [0.5, 0.6) is 0 Å². The van der Waals surface area contributed by atoms with Gasteiger partial charge in [0.15, 0.2) is 5.82 Å². The molecule has 1 aromatic carbocycles. The molecule has 2 rings (SSSR count). The second-order valence-corrected chi connectivity index (χ2v) is 6.06. The normalized spacial score (nSPS) is 11.6. The first-order valence-corrected chi connectivity index (χ1v) is 6.43. The number of nitrogens with two attached hydrogens (primary N) is 1. The van der Waals surface area contributed by atoms with Crippen molar-refractivity contribution in [2.75, 3.05) is 24.7 Å². The lowest BCUT2D eigenvalue weighted by atomic mass is 9.87. The second kappa shape index (κ2) is 4.61. The Hall–Kier alpha value is -1.97. The molecule has 4 heteroatoms. The summed E-state index contributed by atoms with van der Waals surface area (Å²) in [6.45, 7) is 6.54. The number of anilines is 2. The highest BCUT2D eigenvalue weighted by atomic mass is 15.3. The Morgan fingerprint density at radius 3 is 2.16 bits per heavy atom. The molecule has 19 heavy (non-hydrogen) atoms. The molecule has 0 unspecified atom stereocenters. The van der Waals surface area contributed by atoms with Crippen LogP contribution >= 0.6 is 0 Å². The zero-order valence-electron chi connectivity index (χ0n) is 12.3. The fourth-order valence-electron chi connectivity index (χ4n) is 2.12. The molecular formula is C15H22N4. The fourth-order valence-corrected chi connectivity index (χ4v) is 2.12. The van der Waals surface area contributed by atoms with Crippen LogP contribution in [0, 0.1) is 0 Å². The quantitative estimate of drug-likeness (QED) is 0.814. The molecule has 1 aromatic heterocycles. The average Bonchev–Trinajstić information content (AvgIpc) is 2.74. The summed E-state index contributed by atoms with van der Waals surface area (Å²) in [5, 5.41) is 7.64. The van der Waals surface area contributed by atoms with Gasteiger partial charge in [0.2, 0.25) is 0 Å². The van der Waals surface area contributed by atoms with Gasteiger partial charge in [0, 0.05) is 30.8 Å². The molecule has 3 N–H and O–H groups in total. The van der Waals surface area contributed by atoms with Gasteiger partial charge in [0.05, 0.1) is 5.69 Å². The first-order chi connectivity index (χ1) is 8.80. The molecule has 0 bridgehead atoms. The molecule has 1 heterocycles. The molecule has 2 aromatic rings. The SMILES string of the molecule is CN(C)c1n[nH]c(C(C)(C)C)c1-c1ccc(N)cc1. The van der Waals surface area contributed by atoms with Gasteiger partial charge in [-0.3, -0.25) is 5.10 Å². The van der Waals surface area contributed by atoms with Crippen molar-refractivity contribution in [3.63, 3.8) is 0 Å². The van der Waals surface area contributed by atoms with Gasteiger partial charge in [-0.25, -0.2) is 0 Å². The summed E-state index contributed by atoms with van der Waals surface area (Å²) in [7, 11) is 4.01. The minimum Gasteiger partial charge on any atom is -0.399 e. The lowest BCUT2D eigenvalue weighted by molar-refractivity contribution is 0.568. The molecule has 102 valence electrons. The minimum atomic E-state index is 0.0119. The van der Waals surface area contributed by atoms with E-state index in [0.717, 1.165) is 28.3 Å². The van der Waals surface area contributed by atoms with Crippen molar-refractivity contribution in [1.29, 1.82) is 0 Å². The number of H-pyrrole nitrogens is 1. The van der Waals surface area contributed by atoms with E-state index < -0.39 is 0 Å². The Balaban J connectivity index is 2.65. The van der Waals surface area contributed by atoms with Crippen molar-refractivity contribution >= 4 is 11.5 Å². The van der Waals surface area contributed by atoms with Gasteiger partial charge < -0.3 is 10.6 Å². The Bertz CT molecular complexity index is 559. The van der Waals surface area contributed by atoms with Crippen LogP contribution in [0.15, 0.2) is 24.3 Å².